The van der Waals surface area contributed by atoms with Crippen molar-refractivity contribution in [1.82, 2.24) is 5.32 Å². The Morgan fingerprint density at radius 2 is 1.77 bits per heavy atom. The molecule has 0 saturated carbocycles. The van der Waals surface area contributed by atoms with E-state index < -0.39 is 10.0 Å². The highest BCUT2D eigenvalue weighted by Crippen LogP contribution is 2.16. The van der Waals surface area contributed by atoms with Gasteiger partial charge in [0, 0.05) is 18.1 Å². The summed E-state index contributed by atoms with van der Waals surface area (Å²) in [6.45, 7) is 0.102. The number of para-hydroxylation sites is 1. The number of nitrogens with zero attached hydrogens (tertiary/aromatic N) is 1. The Bertz CT molecular complexity index is 829. The molecule has 26 heavy (non-hydrogen) atoms. The summed E-state index contributed by atoms with van der Waals surface area (Å²) in [6.07, 6.45) is 1.07. The van der Waals surface area contributed by atoms with E-state index in [2.05, 4.69) is 5.32 Å². The van der Waals surface area contributed by atoms with Crippen molar-refractivity contribution in [3.05, 3.63) is 66.0 Å². The maximum atomic E-state index is 13.5. The van der Waals surface area contributed by atoms with Gasteiger partial charge in [-0.05, 0) is 23.8 Å². The lowest BCUT2D eigenvalue weighted by Crippen LogP contribution is -2.41. The molecule has 0 aliphatic carbocycles. The van der Waals surface area contributed by atoms with Crippen LogP contribution in [0.3, 0.4) is 0 Å². The number of benzene rings is 2. The van der Waals surface area contributed by atoms with Crippen LogP contribution in [0.15, 0.2) is 54.6 Å². The fraction of sp³-hybridized carbons (Fsp3) is 0.278. The quantitative estimate of drug-likeness (QED) is 0.662. The summed E-state index contributed by atoms with van der Waals surface area (Å²) in [5.41, 5.74) is 1.07. The van der Waals surface area contributed by atoms with Crippen molar-refractivity contribution in [1.29, 1.82) is 0 Å². The van der Waals surface area contributed by atoms with Gasteiger partial charge in [0.25, 0.3) is 0 Å². The summed E-state index contributed by atoms with van der Waals surface area (Å²) in [5.74, 6) is 0.494. The van der Waals surface area contributed by atoms with E-state index in [1.54, 1.807) is 48.5 Å². The van der Waals surface area contributed by atoms with Crippen LogP contribution in [0.1, 0.15) is 5.56 Å². The Balaban J connectivity index is 1.79. The second-order valence-electron chi connectivity index (χ2n) is 5.60. The van der Waals surface area contributed by atoms with Gasteiger partial charge in [0.15, 0.2) is 0 Å². The van der Waals surface area contributed by atoms with E-state index in [9.17, 15) is 17.6 Å². The predicted octanol–water partition coefficient (Wildman–Crippen LogP) is 2.64. The lowest BCUT2D eigenvalue weighted by Gasteiger charge is -2.21. The molecular weight excluding hydrogens is 375 g/mol. The molecule has 0 saturated heterocycles. The second kappa shape index (κ2) is 9.59. The van der Waals surface area contributed by atoms with E-state index in [-0.39, 0.29) is 18.3 Å². The van der Waals surface area contributed by atoms with Gasteiger partial charge in [0.05, 0.1) is 11.9 Å². The van der Waals surface area contributed by atoms with Crippen LogP contribution in [-0.4, -0.2) is 39.4 Å². The number of hydrogen-bond donors (Lipinski definition) is 1. The van der Waals surface area contributed by atoms with Crippen LogP contribution in [0.2, 0.25) is 0 Å². The molecule has 0 aliphatic rings. The lowest BCUT2D eigenvalue weighted by molar-refractivity contribution is -0.119. The molecule has 0 aliphatic heterocycles. The Morgan fingerprint density at radius 1 is 1.12 bits per heavy atom. The number of halogens is 1. The monoisotopic (exact) mass is 396 g/mol. The molecule has 1 N–H and O–H groups in total. The Morgan fingerprint density at radius 3 is 2.42 bits per heavy atom. The minimum atomic E-state index is -3.56. The van der Waals surface area contributed by atoms with E-state index in [1.807, 2.05) is 0 Å². The molecule has 5 nitrogen and oxygen atoms in total. The largest absolute Gasteiger partial charge is 0.354 e. The molecule has 0 unspecified atom stereocenters. The van der Waals surface area contributed by atoms with Crippen LogP contribution < -0.4 is 9.62 Å². The molecule has 0 fully saturated rings. The van der Waals surface area contributed by atoms with Crippen LogP contribution in [0.4, 0.5) is 10.1 Å². The lowest BCUT2D eigenvalue weighted by atomic mass is 10.2. The zero-order valence-corrected chi connectivity index (χ0v) is 16.0. The van der Waals surface area contributed by atoms with Crippen LogP contribution >= 0.6 is 11.8 Å². The van der Waals surface area contributed by atoms with Crippen molar-refractivity contribution in [2.75, 3.05) is 29.4 Å². The molecule has 0 radical (unpaired) electrons. The van der Waals surface area contributed by atoms with Gasteiger partial charge in [-0.15, -0.1) is 0 Å². The number of hydrogen-bond acceptors (Lipinski definition) is 4. The molecule has 140 valence electrons. The third kappa shape index (κ3) is 6.34. The summed E-state index contributed by atoms with van der Waals surface area (Å²) < 4.78 is 38.4. The standard InChI is InChI=1S/C18H21FN2O3S2/c1-26(23,24)21(16-8-3-2-4-9-16)13-18(22)20-11-12-25-14-15-7-5-6-10-17(15)19/h2-10H,11-14H2,1H3,(H,20,22). The van der Waals surface area contributed by atoms with E-state index in [0.717, 1.165) is 10.6 Å². The molecule has 2 aromatic rings. The van der Waals surface area contributed by atoms with Crippen LogP contribution in [0.25, 0.3) is 0 Å². The number of rotatable bonds is 9. The smallest absolute Gasteiger partial charge is 0.240 e. The van der Waals surface area contributed by atoms with Crippen molar-refractivity contribution in [2.24, 2.45) is 0 Å². The zero-order valence-electron chi connectivity index (χ0n) is 14.4. The summed E-state index contributed by atoms with van der Waals surface area (Å²) in [5, 5.41) is 2.70. The topological polar surface area (TPSA) is 66.5 Å². The van der Waals surface area contributed by atoms with Crippen molar-refractivity contribution < 1.29 is 17.6 Å². The molecule has 8 heteroatoms. The van der Waals surface area contributed by atoms with E-state index in [0.29, 0.717) is 29.3 Å². The van der Waals surface area contributed by atoms with Crippen LogP contribution in [-0.2, 0) is 20.6 Å². The molecule has 1 amide bonds. The zero-order chi connectivity index (χ0) is 19.0. The fourth-order valence-electron chi connectivity index (χ4n) is 2.24. The molecule has 2 aromatic carbocycles. The Labute approximate surface area is 157 Å². The molecular formula is C18H21FN2O3S2. The SMILES string of the molecule is CS(=O)(=O)N(CC(=O)NCCSCc1ccccc1F)c1ccccc1. The first kappa shape index (κ1) is 20.3. The van der Waals surface area contributed by atoms with Crippen LogP contribution in [0.5, 0.6) is 0 Å². The molecule has 0 heterocycles. The summed E-state index contributed by atoms with van der Waals surface area (Å²) in [6, 6.07) is 15.0. The third-order valence-electron chi connectivity index (χ3n) is 3.52. The molecule has 0 atom stereocenters. The molecule has 0 spiro atoms. The van der Waals surface area contributed by atoms with Crippen molar-refractivity contribution in [2.45, 2.75) is 5.75 Å². The van der Waals surface area contributed by atoms with Gasteiger partial charge in [0.1, 0.15) is 12.4 Å². The van der Waals surface area contributed by atoms with Gasteiger partial charge < -0.3 is 5.32 Å². The average Bonchev–Trinajstić information content (AvgIpc) is 2.60. The number of sulfonamides is 1. The summed E-state index contributed by atoms with van der Waals surface area (Å²) in [4.78, 5) is 12.1. The van der Waals surface area contributed by atoms with Gasteiger partial charge in [0.2, 0.25) is 15.9 Å². The summed E-state index contributed by atoms with van der Waals surface area (Å²) >= 11 is 1.50. The fourth-order valence-corrected chi connectivity index (χ4v) is 3.94. The number of amides is 1. The van der Waals surface area contributed by atoms with Gasteiger partial charge in [-0.2, -0.15) is 11.8 Å². The van der Waals surface area contributed by atoms with Crippen molar-refractivity contribution in [3.63, 3.8) is 0 Å². The first-order valence-corrected chi connectivity index (χ1v) is 11.0. The Kier molecular flexibility index (Phi) is 7.47. The number of nitrogens with one attached hydrogen (secondary N) is 1. The van der Waals surface area contributed by atoms with Crippen LogP contribution in [0, 0.1) is 5.82 Å². The average molecular weight is 397 g/mol. The highest BCUT2D eigenvalue weighted by molar-refractivity contribution is 7.98. The molecule has 0 bridgehead atoms. The predicted molar refractivity (Wildman–Crippen MR) is 104 cm³/mol. The molecule has 0 aromatic heterocycles. The maximum absolute atomic E-state index is 13.5. The van der Waals surface area contributed by atoms with Gasteiger partial charge in [-0.1, -0.05) is 36.4 Å². The highest BCUT2D eigenvalue weighted by atomic mass is 32.2. The van der Waals surface area contributed by atoms with Gasteiger partial charge in [-0.3, -0.25) is 9.10 Å². The second-order valence-corrected chi connectivity index (χ2v) is 8.61. The first-order chi connectivity index (χ1) is 12.4. The number of anilines is 1. The van der Waals surface area contributed by atoms with Gasteiger partial charge >= 0.3 is 0 Å². The number of carbonyl (C=O) groups excluding carboxylic acids is 1. The maximum Gasteiger partial charge on any atom is 0.240 e. The van der Waals surface area contributed by atoms with Crippen molar-refractivity contribution in [3.8, 4) is 0 Å². The highest BCUT2D eigenvalue weighted by Gasteiger charge is 2.20. The molecule has 2 rings (SSSR count). The summed E-state index contributed by atoms with van der Waals surface area (Å²) in [7, 11) is -3.56. The third-order valence-corrected chi connectivity index (χ3v) is 5.66. The minimum Gasteiger partial charge on any atom is -0.354 e. The first-order valence-electron chi connectivity index (χ1n) is 7.98. The van der Waals surface area contributed by atoms with E-state index in [1.165, 1.54) is 17.8 Å². The number of carbonyl (C=O) groups is 1. The number of thioether (sulfide) groups is 1. The normalized spacial score (nSPS) is 11.2. The van der Waals surface area contributed by atoms with E-state index in [4.69, 9.17) is 0 Å². The minimum absolute atomic E-state index is 0.240. The van der Waals surface area contributed by atoms with Gasteiger partial charge in [-0.25, -0.2) is 12.8 Å². The Hall–Kier alpha value is -2.06. The van der Waals surface area contributed by atoms with E-state index >= 15 is 0 Å². The van der Waals surface area contributed by atoms with Crippen molar-refractivity contribution >= 4 is 33.4 Å².